The highest BCUT2D eigenvalue weighted by Crippen LogP contribution is 2.13. The third kappa shape index (κ3) is 3.25. The summed E-state index contributed by atoms with van der Waals surface area (Å²) in [5.41, 5.74) is 0. The smallest absolute Gasteiger partial charge is 0.135 e. The molecule has 10 heavy (non-hydrogen) atoms. The highest BCUT2D eigenvalue weighted by molar-refractivity contribution is 7.89. The second-order valence-electron chi connectivity index (χ2n) is 2.54. The van der Waals surface area contributed by atoms with Crippen LogP contribution in [0, 0.1) is 5.92 Å². The van der Waals surface area contributed by atoms with Crippen molar-refractivity contribution in [3.8, 4) is 0 Å². The van der Waals surface area contributed by atoms with E-state index in [0.29, 0.717) is 5.92 Å². The summed E-state index contributed by atoms with van der Waals surface area (Å²) < 4.78 is 10.7. The van der Waals surface area contributed by atoms with Crippen LogP contribution in [-0.2, 0) is 11.4 Å². The van der Waals surface area contributed by atoms with Crippen LogP contribution in [0.3, 0.4) is 0 Å². The number of hydrogen-bond acceptors (Lipinski definition) is 2. The first-order valence-corrected chi connectivity index (χ1v) is 4.63. The largest absolute Gasteiger partial charge is 0.598 e. The van der Waals surface area contributed by atoms with E-state index in [1.54, 1.807) is 0 Å². The summed E-state index contributed by atoms with van der Waals surface area (Å²) in [6, 6.07) is 0. The van der Waals surface area contributed by atoms with Gasteiger partial charge in [-0.25, -0.2) is 0 Å². The third-order valence-corrected chi connectivity index (χ3v) is 2.90. The van der Waals surface area contributed by atoms with Gasteiger partial charge in [0.05, 0.1) is 0 Å². The lowest BCUT2D eigenvalue weighted by molar-refractivity contribution is 0.525. The van der Waals surface area contributed by atoms with E-state index in [1.807, 2.05) is 19.9 Å². The molecule has 2 nitrogen and oxygen atoms in total. The van der Waals surface area contributed by atoms with Crippen molar-refractivity contribution in [1.82, 2.24) is 0 Å². The van der Waals surface area contributed by atoms with Gasteiger partial charge in [0.15, 0.2) is 0 Å². The van der Waals surface area contributed by atoms with Gasteiger partial charge in [0.25, 0.3) is 0 Å². The fourth-order valence-electron chi connectivity index (χ4n) is 0.683. The third-order valence-electron chi connectivity index (χ3n) is 1.71. The Bertz CT molecular complexity index is 106. The molecule has 0 radical (unpaired) electrons. The van der Waals surface area contributed by atoms with Gasteiger partial charge >= 0.3 is 0 Å². The van der Waals surface area contributed by atoms with Crippen LogP contribution < -0.4 is 5.14 Å². The van der Waals surface area contributed by atoms with E-state index < -0.39 is 11.4 Å². The highest BCUT2D eigenvalue weighted by Gasteiger charge is 2.19. The minimum atomic E-state index is -1.19. The van der Waals surface area contributed by atoms with Crippen molar-refractivity contribution in [1.29, 1.82) is 0 Å². The summed E-state index contributed by atoms with van der Waals surface area (Å²) in [5, 5.41) is 5.27. The maximum atomic E-state index is 10.7. The van der Waals surface area contributed by atoms with E-state index in [1.165, 1.54) is 0 Å². The minimum Gasteiger partial charge on any atom is -0.598 e. The Morgan fingerprint density at radius 2 is 2.20 bits per heavy atom. The molecule has 0 saturated heterocycles. The maximum absolute atomic E-state index is 10.7. The molecule has 3 heteroatoms. The standard InChI is InChI=1S/C7H15NOS/c1-4-5-6(2)7(3)10(8)9/h4,6-7H,1,5,8H2,2-3H3. The van der Waals surface area contributed by atoms with Crippen molar-refractivity contribution in [3.05, 3.63) is 12.7 Å². The van der Waals surface area contributed by atoms with E-state index in [0.717, 1.165) is 6.42 Å². The fraction of sp³-hybridized carbons (Fsp3) is 0.714. The minimum absolute atomic E-state index is 0.0676. The van der Waals surface area contributed by atoms with Gasteiger partial charge in [-0.05, 0) is 13.3 Å². The van der Waals surface area contributed by atoms with E-state index in [-0.39, 0.29) is 5.25 Å². The zero-order chi connectivity index (χ0) is 8.15. The summed E-state index contributed by atoms with van der Waals surface area (Å²) in [6.45, 7) is 7.52. The number of allylic oxidation sites excluding steroid dienone is 1. The molecular weight excluding hydrogens is 146 g/mol. The van der Waals surface area contributed by atoms with Crippen LogP contribution >= 0.6 is 0 Å². The maximum Gasteiger partial charge on any atom is 0.135 e. The molecule has 0 amide bonds. The predicted molar refractivity (Wildman–Crippen MR) is 45.8 cm³/mol. The lowest BCUT2D eigenvalue weighted by Crippen LogP contribution is -2.31. The number of rotatable bonds is 4. The Hall–Kier alpha value is 0.01000. The van der Waals surface area contributed by atoms with Crippen molar-refractivity contribution >= 4 is 11.4 Å². The number of hydrogen-bond donors (Lipinski definition) is 1. The van der Waals surface area contributed by atoms with Crippen LogP contribution in [0.4, 0.5) is 0 Å². The van der Waals surface area contributed by atoms with E-state index >= 15 is 0 Å². The van der Waals surface area contributed by atoms with Gasteiger partial charge < -0.3 is 4.55 Å². The summed E-state index contributed by atoms with van der Waals surface area (Å²) in [4.78, 5) is 0. The molecule has 0 heterocycles. The monoisotopic (exact) mass is 161 g/mol. The molecular formula is C7H15NOS. The first-order valence-electron chi connectivity index (χ1n) is 3.35. The average Bonchev–Trinajstić information content (AvgIpc) is 1.87. The first kappa shape index (κ1) is 10.0. The second kappa shape index (κ2) is 4.77. The second-order valence-corrected chi connectivity index (χ2v) is 3.94. The van der Waals surface area contributed by atoms with E-state index in [9.17, 15) is 4.55 Å². The molecule has 0 aliphatic heterocycles. The van der Waals surface area contributed by atoms with Crippen molar-refractivity contribution in [2.24, 2.45) is 11.1 Å². The van der Waals surface area contributed by atoms with Crippen LogP contribution in [0.25, 0.3) is 0 Å². The fourth-order valence-corrected chi connectivity index (χ4v) is 1.25. The van der Waals surface area contributed by atoms with Crippen LogP contribution in [0.15, 0.2) is 12.7 Å². The van der Waals surface area contributed by atoms with Crippen molar-refractivity contribution in [2.45, 2.75) is 25.5 Å². The molecule has 0 spiro atoms. The van der Waals surface area contributed by atoms with Gasteiger partial charge in [-0.2, -0.15) is 5.14 Å². The molecule has 0 aromatic carbocycles. The van der Waals surface area contributed by atoms with Gasteiger partial charge in [-0.1, -0.05) is 13.0 Å². The van der Waals surface area contributed by atoms with Crippen molar-refractivity contribution < 1.29 is 4.55 Å². The highest BCUT2D eigenvalue weighted by atomic mass is 32.2. The zero-order valence-electron chi connectivity index (χ0n) is 6.54. The van der Waals surface area contributed by atoms with Crippen LogP contribution in [-0.4, -0.2) is 9.80 Å². The van der Waals surface area contributed by atoms with Gasteiger partial charge in [0, 0.05) is 17.3 Å². The van der Waals surface area contributed by atoms with Gasteiger partial charge in [0.1, 0.15) is 5.25 Å². The van der Waals surface area contributed by atoms with Crippen molar-refractivity contribution in [3.63, 3.8) is 0 Å². The lowest BCUT2D eigenvalue weighted by Gasteiger charge is -2.17. The van der Waals surface area contributed by atoms with E-state index in [4.69, 9.17) is 5.14 Å². The van der Waals surface area contributed by atoms with Gasteiger partial charge in [-0.3, -0.25) is 0 Å². The predicted octanol–water partition coefficient (Wildman–Crippen LogP) is 1.21. The van der Waals surface area contributed by atoms with Gasteiger partial charge in [0.2, 0.25) is 0 Å². The SMILES string of the molecule is C=CCC(C)C(C)[S+](N)[O-]. The molecule has 0 fully saturated rings. The van der Waals surface area contributed by atoms with Crippen molar-refractivity contribution in [2.75, 3.05) is 0 Å². The molecule has 60 valence electrons. The van der Waals surface area contributed by atoms with Crippen LogP contribution in [0.1, 0.15) is 20.3 Å². The van der Waals surface area contributed by atoms with Gasteiger partial charge in [-0.15, -0.1) is 6.58 Å². The number of nitrogens with two attached hydrogens (primary N) is 1. The topological polar surface area (TPSA) is 49.1 Å². The quantitative estimate of drug-likeness (QED) is 0.497. The summed E-state index contributed by atoms with van der Waals surface area (Å²) in [7, 11) is 0. The molecule has 0 aliphatic rings. The molecule has 0 aromatic rings. The first-order chi connectivity index (χ1) is 4.59. The summed E-state index contributed by atoms with van der Waals surface area (Å²) >= 11 is -1.19. The average molecular weight is 161 g/mol. The molecule has 0 aliphatic carbocycles. The molecule has 3 unspecified atom stereocenters. The normalized spacial score (nSPS) is 19.6. The Morgan fingerprint density at radius 3 is 2.50 bits per heavy atom. The molecule has 0 aromatic heterocycles. The molecule has 0 saturated carbocycles. The van der Waals surface area contributed by atoms with Crippen LogP contribution in [0.2, 0.25) is 0 Å². The Labute approximate surface area is 65.8 Å². The lowest BCUT2D eigenvalue weighted by atomic mass is 10.1. The molecule has 0 bridgehead atoms. The molecule has 2 N–H and O–H groups in total. The summed E-state index contributed by atoms with van der Waals surface area (Å²) in [6.07, 6.45) is 2.71. The molecule has 3 atom stereocenters. The Kier molecular flexibility index (Phi) is 4.77. The Balaban J connectivity index is 3.68. The summed E-state index contributed by atoms with van der Waals surface area (Å²) in [5.74, 6) is 0.364. The zero-order valence-corrected chi connectivity index (χ0v) is 7.36. The van der Waals surface area contributed by atoms with E-state index in [2.05, 4.69) is 6.58 Å². The van der Waals surface area contributed by atoms with Crippen LogP contribution in [0.5, 0.6) is 0 Å². The Morgan fingerprint density at radius 1 is 1.70 bits per heavy atom. The molecule has 0 rings (SSSR count).